The van der Waals surface area contributed by atoms with Crippen LogP contribution in [0.5, 0.6) is 0 Å². The molecule has 0 aromatic rings. The number of unbranched alkanes of at least 4 members (excludes halogenated alkanes) is 2. The van der Waals surface area contributed by atoms with Gasteiger partial charge in [0.05, 0.1) is 0 Å². The Morgan fingerprint density at radius 1 is 1.06 bits per heavy atom. The number of hydrogen-bond acceptors (Lipinski definition) is 5. The zero-order chi connectivity index (χ0) is 23.6. The van der Waals surface area contributed by atoms with E-state index in [-0.39, 0.29) is 24.1 Å². The summed E-state index contributed by atoms with van der Waals surface area (Å²) in [7, 11) is 0. The summed E-state index contributed by atoms with van der Waals surface area (Å²) < 4.78 is 11.1. The van der Waals surface area contributed by atoms with Gasteiger partial charge in [-0.2, -0.15) is 0 Å². The van der Waals surface area contributed by atoms with Crippen molar-refractivity contribution < 1.29 is 23.9 Å². The highest BCUT2D eigenvalue weighted by Gasteiger charge is 2.58. The van der Waals surface area contributed by atoms with E-state index in [1.165, 1.54) is 5.57 Å². The Balaban J connectivity index is 1.36. The maximum absolute atomic E-state index is 12.5. The van der Waals surface area contributed by atoms with Gasteiger partial charge in [0.15, 0.2) is 12.4 Å². The molecule has 1 unspecified atom stereocenters. The van der Waals surface area contributed by atoms with Gasteiger partial charge in [0, 0.05) is 18.3 Å². The molecule has 4 aliphatic carbocycles. The molecule has 0 heterocycles. The topological polar surface area (TPSA) is 69.7 Å². The third-order valence-corrected chi connectivity index (χ3v) is 9.51. The van der Waals surface area contributed by atoms with Crippen molar-refractivity contribution in [3.8, 4) is 0 Å². The fourth-order valence-electron chi connectivity index (χ4n) is 7.89. The Morgan fingerprint density at radius 3 is 2.64 bits per heavy atom. The van der Waals surface area contributed by atoms with Gasteiger partial charge in [0.1, 0.15) is 6.10 Å². The predicted octanol–water partition coefficient (Wildman–Crippen LogP) is 5.80. The highest BCUT2D eigenvalue weighted by atomic mass is 16.6. The molecule has 4 aliphatic rings. The van der Waals surface area contributed by atoms with E-state index < -0.39 is 5.97 Å². The smallest absolute Gasteiger partial charge is 0.344 e. The van der Waals surface area contributed by atoms with E-state index in [0.29, 0.717) is 48.2 Å². The van der Waals surface area contributed by atoms with Crippen LogP contribution in [0.4, 0.5) is 0 Å². The Hall–Kier alpha value is -1.65. The molecule has 0 aromatic heterocycles. The lowest BCUT2D eigenvalue weighted by Crippen LogP contribution is -2.50. The van der Waals surface area contributed by atoms with Crippen LogP contribution in [-0.4, -0.2) is 30.4 Å². The monoisotopic (exact) mass is 458 g/mol. The van der Waals surface area contributed by atoms with Crippen molar-refractivity contribution in [2.75, 3.05) is 6.61 Å². The first kappa shape index (κ1) is 24.5. The Labute approximate surface area is 199 Å². The molecule has 0 N–H and O–H groups in total. The van der Waals surface area contributed by atoms with Gasteiger partial charge in [-0.15, -0.1) is 0 Å². The summed E-state index contributed by atoms with van der Waals surface area (Å²) >= 11 is 0. The van der Waals surface area contributed by atoms with Gasteiger partial charge in [-0.05, 0) is 80.6 Å². The number of hydrogen-bond donors (Lipinski definition) is 0. The predicted molar refractivity (Wildman–Crippen MR) is 126 cm³/mol. The van der Waals surface area contributed by atoms with E-state index in [4.69, 9.17) is 9.47 Å². The van der Waals surface area contributed by atoms with Crippen molar-refractivity contribution in [3.05, 3.63) is 11.6 Å². The fourth-order valence-corrected chi connectivity index (χ4v) is 7.89. The van der Waals surface area contributed by atoms with E-state index in [2.05, 4.69) is 20.8 Å². The van der Waals surface area contributed by atoms with Gasteiger partial charge in [-0.1, -0.05) is 45.6 Å². The van der Waals surface area contributed by atoms with Crippen LogP contribution in [0, 0.1) is 35.0 Å². The summed E-state index contributed by atoms with van der Waals surface area (Å²) in [6, 6.07) is 0. The van der Waals surface area contributed by atoms with Crippen molar-refractivity contribution >= 4 is 17.7 Å². The number of carbonyl (C=O) groups is 3. The third-order valence-electron chi connectivity index (χ3n) is 9.51. The van der Waals surface area contributed by atoms with E-state index in [9.17, 15) is 14.4 Å². The molecule has 0 bridgehead atoms. The summed E-state index contributed by atoms with van der Waals surface area (Å²) in [5.74, 6) is 2.58. The van der Waals surface area contributed by atoms with Gasteiger partial charge in [0.2, 0.25) is 0 Å². The van der Waals surface area contributed by atoms with Crippen LogP contribution in [0.3, 0.4) is 0 Å². The van der Waals surface area contributed by atoms with Crippen molar-refractivity contribution in [2.24, 2.45) is 35.0 Å². The van der Waals surface area contributed by atoms with Crippen molar-refractivity contribution in [3.63, 3.8) is 0 Å². The summed E-state index contributed by atoms with van der Waals surface area (Å²) in [6.45, 7) is 6.38. The number of esters is 2. The van der Waals surface area contributed by atoms with E-state index >= 15 is 0 Å². The molecule has 0 aliphatic heterocycles. The second-order valence-corrected chi connectivity index (χ2v) is 11.3. The largest absolute Gasteiger partial charge is 0.459 e. The van der Waals surface area contributed by atoms with E-state index in [1.807, 2.05) is 6.08 Å². The molecule has 184 valence electrons. The number of ether oxygens (including phenoxy) is 2. The second kappa shape index (κ2) is 10.3. The Kier molecular flexibility index (Phi) is 7.65. The highest BCUT2D eigenvalue weighted by molar-refractivity contribution is 5.91. The van der Waals surface area contributed by atoms with Crippen LogP contribution in [0.25, 0.3) is 0 Å². The molecule has 7 atom stereocenters. The molecule has 0 aromatic carbocycles. The zero-order valence-electron chi connectivity index (χ0n) is 20.8. The minimum absolute atomic E-state index is 0.00930. The molecule has 33 heavy (non-hydrogen) atoms. The van der Waals surface area contributed by atoms with Gasteiger partial charge >= 0.3 is 11.9 Å². The SMILES string of the molecule is CCCCCC(=O)OCC(=O)O[C@H]1CC[C@H]2[C@@H]3CCC4=CC(=O)CC(CC)[C@@H]4[C@H]3CC[C@]12C. The summed E-state index contributed by atoms with van der Waals surface area (Å²) in [6.07, 6.45) is 13.4. The van der Waals surface area contributed by atoms with E-state index in [1.54, 1.807) is 0 Å². The molecule has 3 saturated carbocycles. The molecular weight excluding hydrogens is 416 g/mol. The first-order valence-corrected chi connectivity index (χ1v) is 13.5. The number of carbonyl (C=O) groups excluding carboxylic acids is 3. The normalized spacial score (nSPS) is 37.4. The fraction of sp³-hybridized carbons (Fsp3) is 0.821. The number of rotatable bonds is 8. The number of fused-ring (bicyclic) bond motifs is 5. The summed E-state index contributed by atoms with van der Waals surface area (Å²) in [4.78, 5) is 36.6. The lowest BCUT2D eigenvalue weighted by Gasteiger charge is -2.55. The molecule has 0 saturated heterocycles. The zero-order valence-corrected chi connectivity index (χ0v) is 20.8. The van der Waals surface area contributed by atoms with Gasteiger partial charge in [-0.25, -0.2) is 4.79 Å². The van der Waals surface area contributed by atoms with Gasteiger partial charge < -0.3 is 9.47 Å². The van der Waals surface area contributed by atoms with Crippen LogP contribution in [0.1, 0.15) is 97.8 Å². The first-order valence-electron chi connectivity index (χ1n) is 13.5. The molecule has 0 radical (unpaired) electrons. The Bertz CT molecular complexity index is 785. The minimum Gasteiger partial charge on any atom is -0.459 e. The highest BCUT2D eigenvalue weighted by Crippen LogP contribution is 2.63. The minimum atomic E-state index is -0.404. The van der Waals surface area contributed by atoms with Crippen LogP contribution in [-0.2, 0) is 23.9 Å². The Morgan fingerprint density at radius 2 is 1.88 bits per heavy atom. The molecule has 4 rings (SSSR count). The molecule has 0 amide bonds. The van der Waals surface area contributed by atoms with Crippen LogP contribution in [0.2, 0.25) is 0 Å². The second-order valence-electron chi connectivity index (χ2n) is 11.3. The first-order chi connectivity index (χ1) is 15.9. The molecule has 3 fully saturated rings. The summed E-state index contributed by atoms with van der Waals surface area (Å²) in [5.41, 5.74) is 1.43. The van der Waals surface area contributed by atoms with E-state index in [0.717, 1.165) is 64.2 Å². The lowest BCUT2D eigenvalue weighted by atomic mass is 9.50. The standard InChI is InChI=1S/C28H42O5/c1-4-6-7-8-25(30)32-17-26(31)33-24-12-11-23-21-10-9-19-16-20(29)15-18(5-2)27(19)22(21)13-14-28(23,24)3/h16,18,21-24,27H,4-15,17H2,1-3H3/t18?,21-,22+,23+,24+,27+,28+/m1/s1. The average Bonchev–Trinajstić information content (AvgIpc) is 3.13. The van der Waals surface area contributed by atoms with Crippen molar-refractivity contribution in [1.29, 1.82) is 0 Å². The van der Waals surface area contributed by atoms with Crippen LogP contribution in [0.15, 0.2) is 11.6 Å². The lowest BCUT2D eigenvalue weighted by molar-refractivity contribution is -0.169. The molecule has 5 nitrogen and oxygen atoms in total. The quantitative estimate of drug-likeness (QED) is 0.340. The van der Waals surface area contributed by atoms with Gasteiger partial charge in [-0.3, -0.25) is 9.59 Å². The molecular formula is C28H42O5. The summed E-state index contributed by atoms with van der Waals surface area (Å²) in [5, 5.41) is 0. The average molecular weight is 459 g/mol. The third kappa shape index (κ3) is 4.93. The van der Waals surface area contributed by atoms with Gasteiger partial charge in [0.25, 0.3) is 0 Å². The van der Waals surface area contributed by atoms with Crippen LogP contribution >= 0.6 is 0 Å². The molecule has 0 spiro atoms. The van der Waals surface area contributed by atoms with Crippen molar-refractivity contribution in [1.82, 2.24) is 0 Å². The maximum atomic E-state index is 12.5. The number of ketones is 1. The maximum Gasteiger partial charge on any atom is 0.344 e. The molecule has 5 heteroatoms. The van der Waals surface area contributed by atoms with Crippen LogP contribution < -0.4 is 0 Å². The number of allylic oxidation sites excluding steroid dienone is 1. The van der Waals surface area contributed by atoms with Crippen molar-refractivity contribution in [2.45, 2.75) is 104 Å².